The second kappa shape index (κ2) is 12.8. The van der Waals surface area contributed by atoms with E-state index in [2.05, 4.69) is 66.9 Å². The summed E-state index contributed by atoms with van der Waals surface area (Å²) in [6.45, 7) is 24.1. The number of aryl methyl sites for hydroxylation is 1. The van der Waals surface area contributed by atoms with Gasteiger partial charge in [-0.25, -0.2) is 0 Å². The minimum atomic E-state index is -0.127. The van der Waals surface area contributed by atoms with Crippen molar-refractivity contribution >= 4 is 17.2 Å². The second-order valence-electron chi connectivity index (χ2n) is 10.4. The number of rotatable bonds is 11. The number of nitrogens with one attached hydrogen (secondary N) is 1. The molecule has 3 aliphatic rings. The van der Waals surface area contributed by atoms with Crippen LogP contribution in [0.25, 0.3) is 11.5 Å². The molecule has 0 saturated carbocycles. The van der Waals surface area contributed by atoms with E-state index in [0.717, 1.165) is 91.7 Å². The van der Waals surface area contributed by atoms with Crippen molar-refractivity contribution in [1.82, 2.24) is 15.1 Å². The first-order valence-corrected chi connectivity index (χ1v) is 13.8. The zero-order valence-corrected chi connectivity index (χ0v) is 23.3. The number of carbonyl (C=O) groups is 1. The number of carbonyl (C=O) groups excluding carboxylic acids is 1. The largest absolute Gasteiger partial charge is 0.461 e. The third kappa shape index (κ3) is 6.57. The van der Waals surface area contributed by atoms with Crippen molar-refractivity contribution < 1.29 is 19.0 Å². The molecule has 3 atom stereocenters. The molecule has 3 saturated heterocycles. The number of fused-ring (bicyclic) bond motifs is 2. The number of benzene rings is 1. The highest BCUT2D eigenvalue weighted by molar-refractivity contribution is 5.86. The molecule has 7 heteroatoms. The molecule has 3 unspecified atom stereocenters. The van der Waals surface area contributed by atoms with Crippen LogP contribution in [0.2, 0.25) is 0 Å². The smallest absolute Gasteiger partial charge is 0.180 e. The molecule has 0 aromatic heterocycles. The van der Waals surface area contributed by atoms with Crippen molar-refractivity contribution in [3.05, 3.63) is 72.2 Å². The summed E-state index contributed by atoms with van der Waals surface area (Å²) in [6.07, 6.45) is 4.69. The molecule has 206 valence electrons. The molecular formula is C31H43N3O4. The summed E-state index contributed by atoms with van der Waals surface area (Å²) < 4.78 is 17.3. The number of ketones is 1. The number of allylic oxidation sites excluding steroid dienone is 1. The van der Waals surface area contributed by atoms with E-state index in [1.807, 2.05) is 13.0 Å². The Morgan fingerprint density at radius 1 is 1.24 bits per heavy atom. The van der Waals surface area contributed by atoms with Crippen molar-refractivity contribution in [2.75, 3.05) is 46.0 Å². The van der Waals surface area contributed by atoms with E-state index in [9.17, 15) is 4.79 Å². The highest BCUT2D eigenvalue weighted by Crippen LogP contribution is 2.30. The first-order chi connectivity index (χ1) is 18.3. The van der Waals surface area contributed by atoms with E-state index in [1.54, 1.807) is 0 Å². The number of hydrogen-bond donors (Lipinski definition) is 1. The van der Waals surface area contributed by atoms with Crippen molar-refractivity contribution in [3.8, 4) is 0 Å². The quantitative estimate of drug-likeness (QED) is 0.430. The molecule has 0 amide bonds. The van der Waals surface area contributed by atoms with Crippen LogP contribution in [0.15, 0.2) is 55.5 Å². The summed E-state index contributed by atoms with van der Waals surface area (Å²) in [5.41, 5.74) is 4.93. The van der Waals surface area contributed by atoms with E-state index in [1.165, 1.54) is 0 Å². The molecule has 3 heterocycles. The predicted octanol–water partition coefficient (Wildman–Crippen LogP) is 4.50. The van der Waals surface area contributed by atoms with E-state index in [0.29, 0.717) is 6.54 Å². The SMILES string of the molecule is C=C(CN1CCOCC1)O/C(=C\C)c1ccc(C(=C)NC(CC)C(=C)N2CCC3CC2C(=O)CO3)cc1C. The number of Topliss-reactive ketones (excluding diaryl/α,β-unsaturated/α-hetero) is 1. The summed E-state index contributed by atoms with van der Waals surface area (Å²) in [4.78, 5) is 17.0. The molecule has 2 bridgehead atoms. The molecule has 0 radical (unpaired) electrons. The van der Waals surface area contributed by atoms with Gasteiger partial charge in [-0.15, -0.1) is 0 Å². The highest BCUT2D eigenvalue weighted by atomic mass is 16.5. The van der Waals surface area contributed by atoms with Crippen molar-refractivity contribution in [2.24, 2.45) is 0 Å². The van der Waals surface area contributed by atoms with E-state index in [4.69, 9.17) is 14.2 Å². The Morgan fingerprint density at radius 3 is 2.68 bits per heavy atom. The third-order valence-corrected chi connectivity index (χ3v) is 7.78. The van der Waals surface area contributed by atoms with E-state index < -0.39 is 0 Å². The van der Waals surface area contributed by atoms with Gasteiger partial charge in [0.05, 0.1) is 37.9 Å². The lowest BCUT2D eigenvalue weighted by molar-refractivity contribution is -0.144. The topological polar surface area (TPSA) is 63.3 Å². The lowest BCUT2D eigenvalue weighted by Gasteiger charge is -2.45. The summed E-state index contributed by atoms with van der Waals surface area (Å²) in [6, 6.07) is 6.14. The van der Waals surface area contributed by atoms with Gasteiger partial charge in [0.15, 0.2) is 5.78 Å². The Kier molecular flexibility index (Phi) is 9.47. The van der Waals surface area contributed by atoms with Crippen molar-refractivity contribution in [2.45, 2.75) is 58.2 Å². The summed E-state index contributed by atoms with van der Waals surface area (Å²) in [5, 5.41) is 3.58. The Hall–Kier alpha value is -2.87. The first-order valence-electron chi connectivity index (χ1n) is 13.8. The number of likely N-dealkylation sites (tertiary alicyclic amines) is 1. The predicted molar refractivity (Wildman–Crippen MR) is 152 cm³/mol. The maximum atomic E-state index is 12.5. The van der Waals surface area contributed by atoms with Crippen LogP contribution in [0.4, 0.5) is 0 Å². The fourth-order valence-electron chi connectivity index (χ4n) is 5.54. The maximum absolute atomic E-state index is 12.5. The van der Waals surface area contributed by atoms with Gasteiger partial charge in [-0.3, -0.25) is 9.69 Å². The van der Waals surface area contributed by atoms with Gasteiger partial charge in [0.2, 0.25) is 0 Å². The molecule has 3 fully saturated rings. The molecular weight excluding hydrogens is 478 g/mol. The second-order valence-corrected chi connectivity index (χ2v) is 10.4. The van der Waals surface area contributed by atoms with E-state index in [-0.39, 0.29) is 30.6 Å². The Balaban J connectivity index is 1.38. The van der Waals surface area contributed by atoms with Crippen molar-refractivity contribution in [3.63, 3.8) is 0 Å². The standard InChI is InChI=1S/C31H43N3O4/c1-7-28(24(6)34-12-11-26-18-29(34)30(35)20-37-26)32-23(5)25-9-10-27(21(3)17-25)31(8-2)38-22(4)19-33-13-15-36-16-14-33/h8-10,17,26,28-29,32H,4-7,11-16,18-20H2,1-3H3/b31-8-. The number of hydrogen-bond acceptors (Lipinski definition) is 7. The van der Waals surface area contributed by atoms with Crippen LogP contribution in [-0.4, -0.2) is 79.8 Å². The summed E-state index contributed by atoms with van der Waals surface area (Å²) in [5.74, 6) is 1.68. The van der Waals surface area contributed by atoms with Crippen LogP contribution in [0.5, 0.6) is 0 Å². The van der Waals surface area contributed by atoms with Gasteiger partial charge in [-0.1, -0.05) is 38.8 Å². The monoisotopic (exact) mass is 521 g/mol. The van der Waals surface area contributed by atoms with Gasteiger partial charge in [-0.05, 0) is 50.0 Å². The fourth-order valence-corrected chi connectivity index (χ4v) is 5.54. The van der Waals surface area contributed by atoms with Crippen LogP contribution in [0, 0.1) is 6.92 Å². The average Bonchev–Trinajstić information content (AvgIpc) is 2.93. The zero-order chi connectivity index (χ0) is 27.2. The third-order valence-electron chi connectivity index (χ3n) is 7.78. The molecule has 4 rings (SSSR count). The Morgan fingerprint density at radius 2 is 2.00 bits per heavy atom. The van der Waals surface area contributed by atoms with Crippen LogP contribution in [-0.2, 0) is 19.0 Å². The molecule has 0 spiro atoms. The lowest BCUT2D eigenvalue weighted by Crippen LogP contribution is -2.55. The fraction of sp³-hybridized carbons (Fsp3) is 0.516. The summed E-state index contributed by atoms with van der Waals surface area (Å²) in [7, 11) is 0. The number of morpholine rings is 1. The van der Waals surface area contributed by atoms with Crippen LogP contribution in [0.1, 0.15) is 49.8 Å². The molecule has 1 aromatic carbocycles. The van der Waals surface area contributed by atoms with Crippen LogP contribution >= 0.6 is 0 Å². The summed E-state index contributed by atoms with van der Waals surface area (Å²) >= 11 is 0. The number of ether oxygens (including phenoxy) is 3. The maximum Gasteiger partial charge on any atom is 0.180 e. The van der Waals surface area contributed by atoms with Crippen molar-refractivity contribution in [1.29, 1.82) is 0 Å². The first kappa shape index (κ1) is 28.1. The van der Waals surface area contributed by atoms with Crippen LogP contribution in [0.3, 0.4) is 0 Å². The Bertz CT molecular complexity index is 1090. The zero-order valence-electron chi connectivity index (χ0n) is 23.3. The van der Waals surface area contributed by atoms with Gasteiger partial charge in [0.25, 0.3) is 0 Å². The van der Waals surface area contributed by atoms with Gasteiger partial charge in [0, 0.05) is 43.0 Å². The Labute approximate surface area is 227 Å². The lowest BCUT2D eigenvalue weighted by atomic mass is 9.92. The highest BCUT2D eigenvalue weighted by Gasteiger charge is 2.39. The molecule has 7 nitrogen and oxygen atoms in total. The van der Waals surface area contributed by atoms with Gasteiger partial charge in [-0.2, -0.15) is 0 Å². The molecule has 3 aliphatic heterocycles. The van der Waals surface area contributed by atoms with Gasteiger partial charge in [0.1, 0.15) is 18.1 Å². The molecule has 1 aromatic rings. The van der Waals surface area contributed by atoms with Gasteiger partial charge < -0.3 is 24.4 Å². The minimum absolute atomic E-state index is 0.00683. The molecule has 38 heavy (non-hydrogen) atoms. The number of nitrogens with zero attached hydrogens (tertiary/aromatic N) is 2. The normalized spacial score (nSPS) is 23.1. The molecule has 1 N–H and O–H groups in total. The van der Waals surface area contributed by atoms with Gasteiger partial charge >= 0.3 is 0 Å². The minimum Gasteiger partial charge on any atom is -0.461 e. The van der Waals surface area contributed by atoms with Crippen LogP contribution < -0.4 is 5.32 Å². The molecule has 0 aliphatic carbocycles. The van der Waals surface area contributed by atoms with E-state index >= 15 is 0 Å². The average molecular weight is 522 g/mol. The number of piperidine rings is 1.